The van der Waals surface area contributed by atoms with Gasteiger partial charge in [-0.3, -0.25) is 4.79 Å². The van der Waals surface area contributed by atoms with E-state index in [0.717, 1.165) is 0 Å². The van der Waals surface area contributed by atoms with Gasteiger partial charge in [-0.1, -0.05) is 12.1 Å². The van der Waals surface area contributed by atoms with E-state index in [-0.39, 0.29) is 17.1 Å². The molecule has 22 heavy (non-hydrogen) atoms. The molecular weight excluding hydrogens is 288 g/mol. The molecule has 7 heteroatoms. The summed E-state index contributed by atoms with van der Waals surface area (Å²) in [6.45, 7) is 3.42. The molecule has 1 aromatic heterocycles. The van der Waals surface area contributed by atoms with Crippen molar-refractivity contribution in [1.82, 2.24) is 5.16 Å². The zero-order valence-electron chi connectivity index (χ0n) is 12.2. The van der Waals surface area contributed by atoms with Crippen LogP contribution in [0.4, 0.5) is 5.82 Å². The molecule has 7 nitrogen and oxygen atoms in total. The van der Waals surface area contributed by atoms with Crippen LogP contribution in [0.25, 0.3) is 0 Å². The lowest BCUT2D eigenvalue weighted by Gasteiger charge is -2.15. The molecule has 2 rings (SSSR count). The van der Waals surface area contributed by atoms with Gasteiger partial charge >= 0.3 is 5.97 Å². The molecule has 0 fully saturated rings. The summed E-state index contributed by atoms with van der Waals surface area (Å²) >= 11 is 0. The number of esters is 1. The monoisotopic (exact) mass is 304 g/mol. The van der Waals surface area contributed by atoms with Crippen LogP contribution >= 0.6 is 0 Å². The van der Waals surface area contributed by atoms with E-state index in [1.807, 2.05) is 0 Å². The lowest BCUT2D eigenvalue weighted by molar-refractivity contribution is -0.124. The predicted octanol–water partition coefficient (Wildman–Crippen LogP) is 2.26. The number of carbonyl (C=O) groups excluding carboxylic acids is 2. The molecule has 0 aliphatic heterocycles. The number of hydrogen-bond donors (Lipinski definition) is 2. The third-order valence-electron chi connectivity index (χ3n) is 2.89. The van der Waals surface area contributed by atoms with Crippen LogP contribution < -0.4 is 5.32 Å². The number of nitrogens with one attached hydrogen (secondary N) is 1. The van der Waals surface area contributed by atoms with Gasteiger partial charge in [0.05, 0.1) is 5.56 Å². The smallest absolute Gasteiger partial charge is 0.338 e. The van der Waals surface area contributed by atoms with Crippen LogP contribution in [0, 0.1) is 6.92 Å². The Balaban J connectivity index is 2.00. The maximum absolute atomic E-state index is 12.1. The largest absolute Gasteiger partial charge is 0.508 e. The van der Waals surface area contributed by atoms with Crippen molar-refractivity contribution >= 4 is 17.7 Å². The van der Waals surface area contributed by atoms with Gasteiger partial charge in [-0.2, -0.15) is 0 Å². The number of carbonyl (C=O) groups is 2. The fourth-order valence-corrected chi connectivity index (χ4v) is 1.75. The summed E-state index contributed by atoms with van der Waals surface area (Å²) in [7, 11) is 0. The molecule has 0 saturated heterocycles. The number of phenolic OH excluding ortho intramolecular Hbond substituents is 1. The van der Waals surface area contributed by atoms with Crippen molar-refractivity contribution in [3.63, 3.8) is 0 Å². The topological polar surface area (TPSA) is 102 Å². The second kappa shape index (κ2) is 6.75. The summed E-state index contributed by atoms with van der Waals surface area (Å²) in [5.74, 6) is -0.255. The van der Waals surface area contributed by atoms with E-state index < -0.39 is 18.0 Å². The number of anilines is 1. The van der Waals surface area contributed by atoms with Crippen LogP contribution in [-0.4, -0.2) is 28.2 Å². The van der Waals surface area contributed by atoms with Crippen molar-refractivity contribution in [2.45, 2.75) is 26.4 Å². The normalized spacial score (nSPS) is 11.7. The molecule has 1 amide bonds. The first-order valence-corrected chi connectivity index (χ1v) is 6.73. The minimum Gasteiger partial charge on any atom is -0.508 e. The van der Waals surface area contributed by atoms with E-state index in [1.54, 1.807) is 19.9 Å². The molecule has 1 heterocycles. The minimum absolute atomic E-state index is 0.0442. The molecule has 0 spiro atoms. The summed E-state index contributed by atoms with van der Waals surface area (Å²) in [4.78, 5) is 24.0. The average Bonchev–Trinajstić information content (AvgIpc) is 2.90. The number of aromatic hydroxyl groups is 1. The zero-order valence-corrected chi connectivity index (χ0v) is 12.2. The summed E-state index contributed by atoms with van der Waals surface area (Å²) in [5, 5.41) is 15.4. The maximum Gasteiger partial charge on any atom is 0.338 e. The molecular formula is C15H16N2O5. The van der Waals surface area contributed by atoms with E-state index in [0.29, 0.717) is 12.2 Å². The second-order valence-corrected chi connectivity index (χ2v) is 4.66. The van der Waals surface area contributed by atoms with E-state index in [2.05, 4.69) is 10.5 Å². The molecule has 0 aliphatic rings. The Labute approximate surface area is 126 Å². The number of phenols is 1. The van der Waals surface area contributed by atoms with Gasteiger partial charge in [0.15, 0.2) is 11.9 Å². The van der Waals surface area contributed by atoms with Crippen molar-refractivity contribution < 1.29 is 24.0 Å². The number of amides is 1. The first-order chi connectivity index (χ1) is 10.5. The molecule has 1 aromatic carbocycles. The third-order valence-corrected chi connectivity index (χ3v) is 2.89. The Bertz CT molecular complexity index is 663. The Morgan fingerprint density at radius 2 is 2.05 bits per heavy atom. The third kappa shape index (κ3) is 3.85. The summed E-state index contributed by atoms with van der Waals surface area (Å²) in [5.41, 5.74) is 0.251. The number of aromatic nitrogens is 1. The highest BCUT2D eigenvalue weighted by Gasteiger charge is 2.22. The molecule has 2 aromatic rings. The SMILES string of the molecule is CCC(OC(=O)c1ccc(O)cc1)C(=O)Nc1cc(C)on1. The van der Waals surface area contributed by atoms with Crippen LogP contribution in [0.15, 0.2) is 34.9 Å². The van der Waals surface area contributed by atoms with E-state index in [1.165, 1.54) is 24.3 Å². The molecule has 0 bridgehead atoms. The van der Waals surface area contributed by atoms with Crippen LogP contribution in [0.2, 0.25) is 0 Å². The van der Waals surface area contributed by atoms with Gasteiger partial charge in [0.25, 0.3) is 5.91 Å². The molecule has 0 saturated carbocycles. The Morgan fingerprint density at radius 1 is 1.36 bits per heavy atom. The highest BCUT2D eigenvalue weighted by atomic mass is 16.5. The number of hydrogen-bond acceptors (Lipinski definition) is 6. The fraction of sp³-hybridized carbons (Fsp3) is 0.267. The standard InChI is InChI=1S/C15H16N2O5/c1-3-12(14(19)16-13-8-9(2)22-17-13)21-15(20)10-4-6-11(18)7-5-10/h4-8,12,18H,3H2,1-2H3,(H,16,17,19). The van der Waals surface area contributed by atoms with Gasteiger partial charge in [0, 0.05) is 6.07 Å². The van der Waals surface area contributed by atoms with Gasteiger partial charge in [-0.15, -0.1) is 0 Å². The van der Waals surface area contributed by atoms with Gasteiger partial charge in [0.1, 0.15) is 11.5 Å². The van der Waals surface area contributed by atoms with Crippen molar-refractivity contribution in [1.29, 1.82) is 0 Å². The quantitative estimate of drug-likeness (QED) is 0.822. The van der Waals surface area contributed by atoms with Crippen LogP contribution in [0.1, 0.15) is 29.5 Å². The van der Waals surface area contributed by atoms with E-state index in [4.69, 9.17) is 9.26 Å². The Kier molecular flexibility index (Phi) is 4.77. The number of rotatable bonds is 5. The van der Waals surface area contributed by atoms with Gasteiger partial charge in [-0.25, -0.2) is 4.79 Å². The molecule has 0 aliphatic carbocycles. The van der Waals surface area contributed by atoms with Crippen molar-refractivity contribution in [2.75, 3.05) is 5.32 Å². The van der Waals surface area contributed by atoms with E-state index in [9.17, 15) is 14.7 Å². The molecule has 2 N–H and O–H groups in total. The molecule has 1 unspecified atom stereocenters. The van der Waals surface area contributed by atoms with Gasteiger partial charge in [0.2, 0.25) is 0 Å². The minimum atomic E-state index is -0.946. The summed E-state index contributed by atoms with van der Waals surface area (Å²) in [6.07, 6.45) is -0.634. The van der Waals surface area contributed by atoms with Crippen LogP contribution in [-0.2, 0) is 9.53 Å². The molecule has 1 atom stereocenters. The zero-order chi connectivity index (χ0) is 16.1. The fourth-order valence-electron chi connectivity index (χ4n) is 1.75. The number of ether oxygens (including phenoxy) is 1. The number of benzene rings is 1. The van der Waals surface area contributed by atoms with Gasteiger partial charge in [-0.05, 0) is 37.6 Å². The van der Waals surface area contributed by atoms with Crippen LogP contribution in [0.3, 0.4) is 0 Å². The first-order valence-electron chi connectivity index (χ1n) is 6.73. The van der Waals surface area contributed by atoms with Crippen molar-refractivity contribution in [3.8, 4) is 5.75 Å². The average molecular weight is 304 g/mol. The molecule has 0 radical (unpaired) electrons. The molecule has 116 valence electrons. The number of nitrogens with zero attached hydrogens (tertiary/aromatic N) is 1. The lowest BCUT2D eigenvalue weighted by atomic mass is 10.2. The Hall–Kier alpha value is -2.83. The highest BCUT2D eigenvalue weighted by Crippen LogP contribution is 2.14. The van der Waals surface area contributed by atoms with Crippen molar-refractivity contribution in [3.05, 3.63) is 41.7 Å². The highest BCUT2D eigenvalue weighted by molar-refractivity contribution is 5.97. The second-order valence-electron chi connectivity index (χ2n) is 4.66. The predicted molar refractivity (Wildman–Crippen MR) is 77.5 cm³/mol. The van der Waals surface area contributed by atoms with Crippen LogP contribution in [0.5, 0.6) is 5.75 Å². The summed E-state index contributed by atoms with van der Waals surface area (Å²) < 4.78 is 10.0. The maximum atomic E-state index is 12.1. The first kappa shape index (κ1) is 15.6. The summed E-state index contributed by atoms with van der Waals surface area (Å²) in [6, 6.07) is 7.14. The van der Waals surface area contributed by atoms with Crippen molar-refractivity contribution in [2.24, 2.45) is 0 Å². The Morgan fingerprint density at radius 3 is 2.59 bits per heavy atom. The van der Waals surface area contributed by atoms with E-state index >= 15 is 0 Å². The van der Waals surface area contributed by atoms with Gasteiger partial charge < -0.3 is 19.7 Å². The lowest BCUT2D eigenvalue weighted by Crippen LogP contribution is -2.32. The number of aryl methyl sites for hydroxylation is 1.